The molecule has 1 aromatic rings. The highest BCUT2D eigenvalue weighted by Crippen LogP contribution is 2.39. The SMILES string of the molecule is O=C1CC(=O)C2=C(Cl)NC(Cl)(Cc3ccccc3)C(F)=C2N1. The molecule has 1 aromatic carbocycles. The van der Waals surface area contributed by atoms with Crippen molar-refractivity contribution in [1.29, 1.82) is 0 Å². The summed E-state index contributed by atoms with van der Waals surface area (Å²) in [5, 5.41) is 4.93. The maximum atomic E-state index is 14.8. The third-order valence-corrected chi connectivity index (χ3v) is 4.18. The largest absolute Gasteiger partial charge is 0.351 e. The first-order valence-electron chi connectivity index (χ1n) is 6.55. The normalized spacial score (nSPS) is 24.9. The molecule has 0 spiro atoms. The van der Waals surface area contributed by atoms with E-state index in [4.69, 9.17) is 23.2 Å². The molecular weight excluding hydrogens is 330 g/mol. The molecule has 1 unspecified atom stereocenters. The quantitative estimate of drug-likeness (QED) is 0.494. The number of alkyl halides is 1. The minimum absolute atomic E-state index is 0.0627. The van der Waals surface area contributed by atoms with Crippen LogP contribution in [-0.2, 0) is 16.0 Å². The number of nitrogens with one attached hydrogen (secondary N) is 2. The van der Waals surface area contributed by atoms with Gasteiger partial charge in [0.1, 0.15) is 5.16 Å². The Labute approximate surface area is 136 Å². The van der Waals surface area contributed by atoms with Crippen LogP contribution in [0, 0.1) is 0 Å². The van der Waals surface area contributed by atoms with Crippen LogP contribution in [0.15, 0.2) is 52.6 Å². The molecule has 0 bridgehead atoms. The lowest BCUT2D eigenvalue weighted by Gasteiger charge is -2.35. The Morgan fingerprint density at radius 1 is 1.23 bits per heavy atom. The predicted octanol–water partition coefficient (Wildman–Crippen LogP) is 2.49. The van der Waals surface area contributed by atoms with Gasteiger partial charge in [-0.15, -0.1) is 0 Å². The number of allylic oxidation sites excluding steroid dienone is 1. The highest BCUT2D eigenvalue weighted by molar-refractivity contribution is 6.35. The van der Waals surface area contributed by atoms with E-state index in [1.165, 1.54) is 0 Å². The van der Waals surface area contributed by atoms with Gasteiger partial charge in [-0.05, 0) is 5.56 Å². The number of hydrogen-bond donors (Lipinski definition) is 2. The van der Waals surface area contributed by atoms with Gasteiger partial charge in [0.25, 0.3) is 0 Å². The molecule has 1 saturated heterocycles. The Balaban J connectivity index is 2.03. The van der Waals surface area contributed by atoms with E-state index in [1.54, 1.807) is 24.3 Å². The molecule has 0 aromatic heterocycles. The summed E-state index contributed by atoms with van der Waals surface area (Å²) in [6.45, 7) is 0. The van der Waals surface area contributed by atoms with Crippen molar-refractivity contribution in [2.45, 2.75) is 17.8 Å². The highest BCUT2D eigenvalue weighted by atomic mass is 35.5. The molecule has 2 aliphatic heterocycles. The molecule has 0 saturated carbocycles. The van der Waals surface area contributed by atoms with Crippen molar-refractivity contribution < 1.29 is 14.0 Å². The van der Waals surface area contributed by atoms with Crippen LogP contribution in [-0.4, -0.2) is 16.7 Å². The number of halogens is 3. The first-order valence-corrected chi connectivity index (χ1v) is 7.31. The number of benzene rings is 1. The number of dihydropyridines is 1. The molecule has 1 atom stereocenters. The monoisotopic (exact) mass is 340 g/mol. The Morgan fingerprint density at radius 3 is 2.59 bits per heavy atom. The van der Waals surface area contributed by atoms with E-state index in [1.807, 2.05) is 6.07 Å². The summed E-state index contributed by atoms with van der Waals surface area (Å²) < 4.78 is 14.8. The lowest BCUT2D eigenvalue weighted by atomic mass is 9.93. The van der Waals surface area contributed by atoms with Crippen molar-refractivity contribution in [2.75, 3.05) is 0 Å². The number of carbonyl (C=O) groups is 2. The van der Waals surface area contributed by atoms with E-state index in [2.05, 4.69) is 10.6 Å². The first kappa shape index (κ1) is 15.1. The van der Waals surface area contributed by atoms with Crippen molar-refractivity contribution in [1.82, 2.24) is 10.6 Å². The molecule has 3 rings (SSSR count). The summed E-state index contributed by atoms with van der Waals surface area (Å²) in [5.41, 5.74) is 0.473. The van der Waals surface area contributed by atoms with Crippen LogP contribution in [0.1, 0.15) is 12.0 Å². The van der Waals surface area contributed by atoms with Gasteiger partial charge in [-0.25, -0.2) is 4.39 Å². The van der Waals surface area contributed by atoms with Crippen LogP contribution >= 0.6 is 23.2 Å². The van der Waals surface area contributed by atoms with Crippen LogP contribution in [0.4, 0.5) is 4.39 Å². The molecule has 114 valence electrons. The summed E-state index contributed by atoms with van der Waals surface area (Å²) in [6.07, 6.45) is -0.268. The van der Waals surface area contributed by atoms with Crippen molar-refractivity contribution >= 4 is 34.9 Å². The second-order valence-electron chi connectivity index (χ2n) is 5.11. The summed E-state index contributed by atoms with van der Waals surface area (Å²) >= 11 is 12.4. The molecule has 1 amide bonds. The van der Waals surface area contributed by atoms with Gasteiger partial charge in [0.15, 0.2) is 16.6 Å². The number of ketones is 1. The number of carbonyl (C=O) groups excluding carboxylic acids is 2. The molecule has 2 aliphatic rings. The molecular formula is C15H11Cl2FN2O2. The summed E-state index contributed by atoms with van der Waals surface area (Å²) in [6, 6.07) is 9.03. The number of fused-ring (bicyclic) bond motifs is 1. The molecule has 1 fully saturated rings. The summed E-state index contributed by atoms with van der Waals surface area (Å²) in [7, 11) is 0. The molecule has 0 radical (unpaired) electrons. The summed E-state index contributed by atoms with van der Waals surface area (Å²) in [4.78, 5) is 21.7. The zero-order valence-electron chi connectivity index (χ0n) is 11.3. The molecule has 0 aliphatic carbocycles. The fourth-order valence-corrected chi connectivity index (χ4v) is 3.26. The maximum Gasteiger partial charge on any atom is 0.232 e. The van der Waals surface area contributed by atoms with E-state index in [9.17, 15) is 14.0 Å². The molecule has 2 heterocycles. The first-order chi connectivity index (χ1) is 10.4. The van der Waals surface area contributed by atoms with E-state index in [-0.39, 0.29) is 29.3 Å². The number of piperidine rings is 1. The Hall–Kier alpha value is -1.85. The van der Waals surface area contributed by atoms with Gasteiger partial charge in [0.2, 0.25) is 5.91 Å². The third kappa shape index (κ3) is 2.51. The van der Waals surface area contributed by atoms with Gasteiger partial charge >= 0.3 is 0 Å². The Bertz CT molecular complexity index is 730. The molecule has 7 heteroatoms. The predicted molar refractivity (Wildman–Crippen MR) is 80.6 cm³/mol. The fourth-order valence-electron chi connectivity index (χ4n) is 2.50. The number of hydrogen-bond acceptors (Lipinski definition) is 3. The lowest BCUT2D eigenvalue weighted by Crippen LogP contribution is -2.49. The second kappa shape index (κ2) is 5.41. The molecule has 2 N–H and O–H groups in total. The average Bonchev–Trinajstić information content (AvgIpc) is 2.45. The Morgan fingerprint density at radius 2 is 1.91 bits per heavy atom. The van der Waals surface area contributed by atoms with Gasteiger partial charge in [-0.1, -0.05) is 53.5 Å². The lowest BCUT2D eigenvalue weighted by molar-refractivity contribution is -0.127. The van der Waals surface area contributed by atoms with Crippen LogP contribution < -0.4 is 10.6 Å². The number of Topliss-reactive ketones (excluding diaryl/α,β-unsaturated/α-hetero) is 1. The van der Waals surface area contributed by atoms with Crippen molar-refractivity contribution in [3.05, 3.63) is 58.1 Å². The van der Waals surface area contributed by atoms with Gasteiger partial charge in [0, 0.05) is 6.42 Å². The van der Waals surface area contributed by atoms with E-state index < -0.39 is 22.5 Å². The molecule has 22 heavy (non-hydrogen) atoms. The standard InChI is InChI=1S/C15H11Cl2FN2O2/c16-14-11-9(21)6-10(22)19-12(11)13(18)15(17,20-14)7-8-4-2-1-3-5-8/h1-5,20H,6-7H2,(H,19,22). The van der Waals surface area contributed by atoms with Crippen molar-refractivity contribution in [2.24, 2.45) is 0 Å². The van der Waals surface area contributed by atoms with E-state index in [0.29, 0.717) is 0 Å². The zero-order chi connectivity index (χ0) is 15.9. The fraction of sp³-hybridized carbons (Fsp3) is 0.200. The minimum atomic E-state index is -1.65. The smallest absolute Gasteiger partial charge is 0.232 e. The van der Waals surface area contributed by atoms with Gasteiger partial charge in [-0.3, -0.25) is 9.59 Å². The highest BCUT2D eigenvalue weighted by Gasteiger charge is 2.45. The van der Waals surface area contributed by atoms with Crippen LogP contribution in [0.2, 0.25) is 0 Å². The van der Waals surface area contributed by atoms with Gasteiger partial charge in [0.05, 0.1) is 17.7 Å². The van der Waals surface area contributed by atoms with E-state index in [0.717, 1.165) is 5.56 Å². The third-order valence-electron chi connectivity index (χ3n) is 3.50. The second-order valence-corrected chi connectivity index (χ2v) is 6.14. The topological polar surface area (TPSA) is 58.2 Å². The van der Waals surface area contributed by atoms with Crippen molar-refractivity contribution in [3.8, 4) is 0 Å². The zero-order valence-corrected chi connectivity index (χ0v) is 12.8. The van der Waals surface area contributed by atoms with Crippen LogP contribution in [0.25, 0.3) is 0 Å². The van der Waals surface area contributed by atoms with Gasteiger partial charge < -0.3 is 10.6 Å². The van der Waals surface area contributed by atoms with Crippen LogP contribution in [0.5, 0.6) is 0 Å². The van der Waals surface area contributed by atoms with E-state index >= 15 is 0 Å². The van der Waals surface area contributed by atoms with Crippen LogP contribution in [0.3, 0.4) is 0 Å². The van der Waals surface area contributed by atoms with Crippen molar-refractivity contribution in [3.63, 3.8) is 0 Å². The average molecular weight is 341 g/mol. The number of amides is 1. The maximum absolute atomic E-state index is 14.8. The molecule has 4 nitrogen and oxygen atoms in total. The minimum Gasteiger partial charge on any atom is -0.351 e. The Kier molecular flexibility index (Phi) is 3.70. The summed E-state index contributed by atoms with van der Waals surface area (Å²) in [5.74, 6) is -1.94. The number of rotatable bonds is 2. The van der Waals surface area contributed by atoms with Gasteiger partial charge in [-0.2, -0.15) is 0 Å².